The van der Waals surface area contributed by atoms with E-state index < -0.39 is 44.9 Å². The van der Waals surface area contributed by atoms with Gasteiger partial charge in [-0.2, -0.15) is 31.3 Å². The zero-order valence-electron chi connectivity index (χ0n) is 25.5. The molecule has 0 saturated carbocycles. The summed E-state index contributed by atoms with van der Waals surface area (Å²) in [6.45, 7) is 0.902. The average molecular weight is 692 g/mol. The zero-order valence-corrected chi connectivity index (χ0v) is 26.3. The molecule has 0 saturated heterocycles. The van der Waals surface area contributed by atoms with Gasteiger partial charge in [0.1, 0.15) is 5.82 Å². The number of hydrogen-bond donors (Lipinski definition) is 1. The Labute approximate surface area is 270 Å². The van der Waals surface area contributed by atoms with Crippen molar-refractivity contribution in [3.63, 3.8) is 0 Å². The molecule has 0 unspecified atom stereocenters. The first-order valence-electron chi connectivity index (χ1n) is 14.0. The smallest absolute Gasteiger partial charge is 0.341 e. The van der Waals surface area contributed by atoms with E-state index >= 15 is 0 Å². The van der Waals surface area contributed by atoms with Gasteiger partial charge in [0.05, 0.1) is 40.3 Å². The first-order chi connectivity index (χ1) is 22.4. The molecule has 0 bridgehead atoms. The minimum atomic E-state index is -5.13. The first-order valence-corrected chi connectivity index (χ1v) is 16.1. The van der Waals surface area contributed by atoms with E-state index in [0.717, 1.165) is 13.2 Å². The molecule has 252 valence electrons. The van der Waals surface area contributed by atoms with Crippen molar-refractivity contribution >= 4 is 55.9 Å². The maximum atomic E-state index is 13.7. The van der Waals surface area contributed by atoms with E-state index in [9.17, 15) is 39.6 Å². The van der Waals surface area contributed by atoms with Crippen LogP contribution in [0.5, 0.6) is 0 Å². The second-order valence-corrected chi connectivity index (χ2v) is 13.1. The van der Waals surface area contributed by atoms with Crippen LogP contribution >= 0.6 is 0 Å². The Morgan fingerprint density at radius 3 is 2.19 bits per heavy atom. The van der Waals surface area contributed by atoms with E-state index in [4.69, 9.17) is 0 Å². The van der Waals surface area contributed by atoms with Crippen LogP contribution in [0.1, 0.15) is 23.6 Å². The number of rotatable bonds is 9. The van der Waals surface area contributed by atoms with Crippen molar-refractivity contribution in [1.29, 1.82) is 0 Å². The molecule has 0 atom stereocenters. The minimum absolute atomic E-state index is 0.0127. The lowest BCUT2D eigenvalue weighted by Gasteiger charge is -2.26. The molecular formula is C31H27F6N7O3S. The largest absolute Gasteiger partial charge is 0.416 e. The lowest BCUT2D eigenvalue weighted by molar-refractivity contribution is -0.143. The molecule has 2 heterocycles. The molecule has 5 aromatic rings. The number of sulfone groups is 1. The fourth-order valence-corrected chi connectivity index (χ4v) is 5.74. The second kappa shape index (κ2) is 12.8. The average Bonchev–Trinajstić information content (AvgIpc) is 3.33. The molecule has 0 fully saturated rings. The summed E-state index contributed by atoms with van der Waals surface area (Å²) >= 11 is 0. The number of imidazole rings is 1. The zero-order chi connectivity index (χ0) is 35.0. The van der Waals surface area contributed by atoms with Crippen LogP contribution in [0.2, 0.25) is 0 Å². The summed E-state index contributed by atoms with van der Waals surface area (Å²) in [6.07, 6.45) is -7.68. The van der Waals surface area contributed by atoms with Gasteiger partial charge < -0.3 is 10.2 Å². The van der Waals surface area contributed by atoms with E-state index in [1.54, 1.807) is 66.5 Å². The molecule has 5 rings (SSSR count). The third-order valence-electron chi connectivity index (χ3n) is 6.98. The SMILES string of the molecule is CC(=O)N(c1cc(C(F)(F)F)cc(C(F)(F)F)c1)c1nc2ccccc2n1CN(C)c1ccnc(Nc2cccc(CS(C)(=O)=O)c2)n1. The van der Waals surface area contributed by atoms with Crippen LogP contribution in [-0.4, -0.2) is 47.1 Å². The fraction of sp³-hybridized carbons (Fsp3) is 0.226. The molecule has 0 aliphatic carbocycles. The number of nitrogens with zero attached hydrogens (tertiary/aromatic N) is 6. The lowest BCUT2D eigenvalue weighted by atomic mass is 10.1. The number of amides is 1. The highest BCUT2D eigenvalue weighted by atomic mass is 32.2. The monoisotopic (exact) mass is 691 g/mol. The Hall–Kier alpha value is -5.19. The van der Waals surface area contributed by atoms with Crippen molar-refractivity contribution in [1.82, 2.24) is 19.5 Å². The highest BCUT2D eigenvalue weighted by Gasteiger charge is 2.38. The molecular weight excluding hydrogens is 664 g/mol. The molecule has 10 nitrogen and oxygen atoms in total. The summed E-state index contributed by atoms with van der Waals surface area (Å²) in [7, 11) is -1.65. The standard InChI is InChI=1S/C31H27F6N7O3S/c1-19(45)44(24-15-21(30(32,33)34)14-22(16-24)31(35,36)37)29-40-25-9-4-5-10-26(25)43(29)18-42(2)27-11-12-38-28(41-27)39-23-8-6-7-20(13-23)17-48(3,46)47/h4-16H,17-18H2,1-3H3,(H,38,39,41). The van der Waals surface area contributed by atoms with Crippen molar-refractivity contribution in [2.24, 2.45) is 0 Å². The van der Waals surface area contributed by atoms with Gasteiger partial charge in [0, 0.05) is 32.1 Å². The summed E-state index contributed by atoms with van der Waals surface area (Å²) in [6, 6.07) is 15.7. The number of carbonyl (C=O) groups excluding carboxylic acids is 1. The van der Waals surface area contributed by atoms with Crippen LogP contribution in [0.25, 0.3) is 11.0 Å². The van der Waals surface area contributed by atoms with Crippen molar-refractivity contribution in [2.75, 3.05) is 28.4 Å². The first kappa shape index (κ1) is 34.2. The van der Waals surface area contributed by atoms with Crippen LogP contribution < -0.4 is 15.1 Å². The summed E-state index contributed by atoms with van der Waals surface area (Å²) in [5.74, 6) is -0.772. The maximum Gasteiger partial charge on any atom is 0.416 e. The number of anilines is 5. The molecule has 17 heteroatoms. The number of fused-ring (bicyclic) bond motifs is 1. The lowest BCUT2D eigenvalue weighted by Crippen LogP contribution is -2.30. The van der Waals surface area contributed by atoms with Crippen LogP contribution in [-0.2, 0) is 39.4 Å². The summed E-state index contributed by atoms with van der Waals surface area (Å²) in [5.41, 5.74) is -2.00. The summed E-state index contributed by atoms with van der Waals surface area (Å²) in [5, 5.41) is 3.02. The normalized spacial score (nSPS) is 12.3. The quantitative estimate of drug-likeness (QED) is 0.166. The number of para-hydroxylation sites is 2. The van der Waals surface area contributed by atoms with Crippen molar-refractivity contribution in [3.8, 4) is 0 Å². The molecule has 0 radical (unpaired) electrons. The molecule has 0 aliphatic rings. The Balaban J connectivity index is 1.53. The second-order valence-electron chi connectivity index (χ2n) is 10.9. The van der Waals surface area contributed by atoms with E-state index in [-0.39, 0.29) is 30.4 Å². The summed E-state index contributed by atoms with van der Waals surface area (Å²) < 4.78 is 107. The molecule has 1 amide bonds. The third-order valence-corrected chi connectivity index (χ3v) is 7.84. The number of aromatic nitrogens is 4. The number of benzene rings is 3. The van der Waals surface area contributed by atoms with Gasteiger partial charge in [-0.05, 0) is 54.1 Å². The van der Waals surface area contributed by atoms with Gasteiger partial charge in [0.15, 0.2) is 9.84 Å². The number of alkyl halides is 6. The fourth-order valence-electron chi connectivity index (χ4n) is 4.96. The number of hydrogen-bond acceptors (Lipinski definition) is 8. The van der Waals surface area contributed by atoms with Crippen LogP contribution in [0.3, 0.4) is 0 Å². The Morgan fingerprint density at radius 1 is 0.896 bits per heavy atom. The van der Waals surface area contributed by atoms with Crippen molar-refractivity contribution in [3.05, 3.63) is 95.7 Å². The number of halogens is 6. The minimum Gasteiger partial charge on any atom is -0.341 e. The van der Waals surface area contributed by atoms with Crippen molar-refractivity contribution < 1.29 is 39.6 Å². The highest BCUT2D eigenvalue weighted by molar-refractivity contribution is 7.89. The predicted molar refractivity (Wildman–Crippen MR) is 168 cm³/mol. The molecule has 1 N–H and O–H groups in total. The van der Waals surface area contributed by atoms with Crippen LogP contribution in [0.15, 0.2) is 79.0 Å². The Bertz CT molecular complexity index is 2070. The van der Waals surface area contributed by atoms with E-state index in [2.05, 4.69) is 20.3 Å². The molecule has 48 heavy (non-hydrogen) atoms. The maximum absolute atomic E-state index is 13.7. The Kier molecular flexibility index (Phi) is 9.09. The molecule has 3 aromatic carbocycles. The molecule has 2 aromatic heterocycles. The van der Waals surface area contributed by atoms with Crippen LogP contribution in [0, 0.1) is 0 Å². The van der Waals surface area contributed by atoms with E-state index in [0.29, 0.717) is 45.1 Å². The van der Waals surface area contributed by atoms with Gasteiger partial charge >= 0.3 is 12.4 Å². The number of carbonyl (C=O) groups is 1. The Morgan fingerprint density at radius 2 is 1.56 bits per heavy atom. The third kappa shape index (κ3) is 7.84. The molecule has 0 aliphatic heterocycles. The van der Waals surface area contributed by atoms with Crippen LogP contribution in [0.4, 0.5) is 55.4 Å². The van der Waals surface area contributed by atoms with Gasteiger partial charge in [-0.25, -0.2) is 18.4 Å². The van der Waals surface area contributed by atoms with Gasteiger partial charge in [-0.15, -0.1) is 0 Å². The van der Waals surface area contributed by atoms with Gasteiger partial charge in [-0.1, -0.05) is 24.3 Å². The van der Waals surface area contributed by atoms with Gasteiger partial charge in [0.2, 0.25) is 17.8 Å². The van der Waals surface area contributed by atoms with Crippen molar-refractivity contribution in [2.45, 2.75) is 31.7 Å². The van der Waals surface area contributed by atoms with Gasteiger partial charge in [0.25, 0.3) is 0 Å². The highest BCUT2D eigenvalue weighted by Crippen LogP contribution is 2.40. The van der Waals surface area contributed by atoms with E-state index in [1.165, 1.54) is 10.8 Å². The number of nitrogens with one attached hydrogen (secondary N) is 1. The summed E-state index contributed by atoms with van der Waals surface area (Å²) in [4.78, 5) is 28.5. The predicted octanol–water partition coefficient (Wildman–Crippen LogP) is 6.93. The topological polar surface area (TPSA) is 113 Å². The molecule has 0 spiro atoms. The van der Waals surface area contributed by atoms with E-state index in [1.807, 2.05) is 0 Å². The van der Waals surface area contributed by atoms with Gasteiger partial charge in [-0.3, -0.25) is 14.3 Å².